The molecule has 2 bridgehead atoms. The van der Waals surface area contributed by atoms with E-state index < -0.39 is 0 Å². The molecule has 1 aromatic rings. The number of rotatable bonds is 2. The summed E-state index contributed by atoms with van der Waals surface area (Å²) in [5.41, 5.74) is 3.72. The summed E-state index contributed by atoms with van der Waals surface area (Å²) in [6.07, 6.45) is 10.8. The second-order valence-corrected chi connectivity index (χ2v) is 8.77. The summed E-state index contributed by atoms with van der Waals surface area (Å²) in [5.74, 6) is 2.98. The fraction of sp³-hybridized carbons (Fsp3) is 0.591. The van der Waals surface area contributed by atoms with Crippen LogP contribution in [0.2, 0.25) is 0 Å². The van der Waals surface area contributed by atoms with E-state index in [1.54, 1.807) is 0 Å². The molecule has 0 aromatic heterocycles. The zero-order valence-corrected chi connectivity index (χ0v) is 14.6. The third-order valence-corrected chi connectivity index (χ3v) is 7.27. The van der Waals surface area contributed by atoms with Gasteiger partial charge in [-0.3, -0.25) is 4.79 Å². The van der Waals surface area contributed by atoms with Crippen molar-refractivity contribution in [3.05, 3.63) is 47.0 Å². The molecule has 1 aromatic carbocycles. The van der Waals surface area contributed by atoms with E-state index in [1.807, 2.05) is 0 Å². The SMILES string of the molecule is Cc1ccc2c(c1)C(=O)CC21CCN(CC2C[C@H]3C=C[C@H]2C3)CC1. The highest BCUT2D eigenvalue weighted by Gasteiger charge is 2.45. The summed E-state index contributed by atoms with van der Waals surface area (Å²) < 4.78 is 0. The number of benzene rings is 1. The van der Waals surface area contributed by atoms with Crippen molar-refractivity contribution >= 4 is 5.78 Å². The highest BCUT2D eigenvalue weighted by Crippen LogP contribution is 2.48. The van der Waals surface area contributed by atoms with Crippen LogP contribution in [0.4, 0.5) is 0 Å². The first-order valence-electron chi connectivity index (χ1n) is 9.68. The number of aryl methyl sites for hydroxylation is 1. The van der Waals surface area contributed by atoms with Gasteiger partial charge in [0.15, 0.2) is 5.78 Å². The summed E-state index contributed by atoms with van der Waals surface area (Å²) in [4.78, 5) is 15.2. The van der Waals surface area contributed by atoms with Crippen molar-refractivity contribution in [2.24, 2.45) is 17.8 Å². The fourth-order valence-corrected chi connectivity index (χ4v) is 5.89. The number of hydrogen-bond donors (Lipinski definition) is 0. The van der Waals surface area contributed by atoms with Crippen molar-refractivity contribution in [2.75, 3.05) is 19.6 Å². The second-order valence-electron chi connectivity index (χ2n) is 8.77. The predicted octanol–water partition coefficient (Wildman–Crippen LogP) is 4.13. The monoisotopic (exact) mass is 321 g/mol. The fourth-order valence-electron chi connectivity index (χ4n) is 5.89. The highest BCUT2D eigenvalue weighted by molar-refractivity contribution is 6.02. The first kappa shape index (κ1) is 14.9. The van der Waals surface area contributed by atoms with Gasteiger partial charge < -0.3 is 4.90 Å². The van der Waals surface area contributed by atoms with Crippen LogP contribution in [0.5, 0.6) is 0 Å². The van der Waals surface area contributed by atoms with Crippen molar-refractivity contribution in [3.63, 3.8) is 0 Å². The average Bonchev–Trinajstić information content (AvgIpc) is 3.25. The lowest BCUT2D eigenvalue weighted by atomic mass is 9.73. The minimum Gasteiger partial charge on any atom is -0.303 e. The molecule has 1 heterocycles. The maximum absolute atomic E-state index is 12.5. The van der Waals surface area contributed by atoms with Gasteiger partial charge in [0.05, 0.1) is 0 Å². The van der Waals surface area contributed by atoms with Crippen LogP contribution >= 0.6 is 0 Å². The molecule has 1 spiro atoms. The van der Waals surface area contributed by atoms with Gasteiger partial charge in [0.25, 0.3) is 0 Å². The molecule has 126 valence electrons. The Bertz CT molecular complexity index is 711. The van der Waals surface area contributed by atoms with Crippen molar-refractivity contribution in [2.45, 2.75) is 44.4 Å². The third kappa shape index (κ3) is 2.23. The Morgan fingerprint density at radius 3 is 2.71 bits per heavy atom. The summed E-state index contributed by atoms with van der Waals surface area (Å²) >= 11 is 0. The molecule has 1 aliphatic heterocycles. The van der Waals surface area contributed by atoms with Gasteiger partial charge >= 0.3 is 0 Å². The lowest BCUT2D eigenvalue weighted by molar-refractivity contribution is 0.0919. The number of nitrogens with zero attached hydrogens (tertiary/aromatic N) is 1. The normalized spacial score (nSPS) is 33.5. The quantitative estimate of drug-likeness (QED) is 0.764. The van der Waals surface area contributed by atoms with E-state index in [2.05, 4.69) is 42.2 Å². The Balaban J connectivity index is 1.29. The van der Waals surface area contributed by atoms with Gasteiger partial charge in [-0.2, -0.15) is 0 Å². The zero-order chi connectivity index (χ0) is 16.3. The van der Waals surface area contributed by atoms with E-state index in [-0.39, 0.29) is 5.41 Å². The Morgan fingerprint density at radius 2 is 2.00 bits per heavy atom. The van der Waals surface area contributed by atoms with Crippen molar-refractivity contribution in [3.8, 4) is 0 Å². The summed E-state index contributed by atoms with van der Waals surface area (Å²) in [6.45, 7) is 5.69. The summed E-state index contributed by atoms with van der Waals surface area (Å²) in [6, 6.07) is 6.54. The summed E-state index contributed by atoms with van der Waals surface area (Å²) in [5, 5.41) is 0. The molecule has 24 heavy (non-hydrogen) atoms. The molecular formula is C22H27NO. The van der Waals surface area contributed by atoms with Crippen LogP contribution in [-0.4, -0.2) is 30.3 Å². The molecule has 1 saturated heterocycles. The molecule has 4 aliphatic rings. The molecule has 1 saturated carbocycles. The largest absolute Gasteiger partial charge is 0.303 e. The van der Waals surface area contributed by atoms with Crippen LogP contribution in [-0.2, 0) is 5.41 Å². The number of hydrogen-bond acceptors (Lipinski definition) is 2. The second kappa shape index (κ2) is 5.29. The van der Waals surface area contributed by atoms with E-state index in [4.69, 9.17) is 0 Å². The number of allylic oxidation sites excluding steroid dienone is 2. The Kier molecular flexibility index (Phi) is 3.28. The lowest BCUT2D eigenvalue weighted by Gasteiger charge is -2.41. The molecule has 2 fully saturated rings. The molecule has 2 nitrogen and oxygen atoms in total. The van der Waals surface area contributed by atoms with E-state index in [9.17, 15) is 4.79 Å². The van der Waals surface area contributed by atoms with Crippen LogP contribution in [0.25, 0.3) is 0 Å². The van der Waals surface area contributed by atoms with Crippen molar-refractivity contribution in [1.29, 1.82) is 0 Å². The van der Waals surface area contributed by atoms with Crippen LogP contribution in [0.3, 0.4) is 0 Å². The zero-order valence-electron chi connectivity index (χ0n) is 14.6. The lowest BCUT2D eigenvalue weighted by Crippen LogP contribution is -2.44. The molecule has 0 N–H and O–H groups in total. The molecule has 3 aliphatic carbocycles. The first-order valence-corrected chi connectivity index (χ1v) is 9.68. The number of piperidine rings is 1. The van der Waals surface area contributed by atoms with Gasteiger partial charge in [-0.05, 0) is 75.1 Å². The van der Waals surface area contributed by atoms with Crippen molar-refractivity contribution in [1.82, 2.24) is 4.90 Å². The third-order valence-electron chi connectivity index (χ3n) is 7.27. The maximum atomic E-state index is 12.5. The van der Waals surface area contributed by atoms with Gasteiger partial charge in [0, 0.05) is 23.9 Å². The molecule has 3 atom stereocenters. The summed E-state index contributed by atoms with van der Waals surface area (Å²) in [7, 11) is 0. The molecule has 1 unspecified atom stereocenters. The minimum atomic E-state index is 0.144. The smallest absolute Gasteiger partial charge is 0.164 e. The molecule has 0 radical (unpaired) electrons. The van der Waals surface area contributed by atoms with Gasteiger partial charge in [-0.25, -0.2) is 0 Å². The van der Waals surface area contributed by atoms with Gasteiger partial charge in [0.1, 0.15) is 0 Å². The molecule has 2 heteroatoms. The topological polar surface area (TPSA) is 20.3 Å². The number of likely N-dealkylation sites (tertiary alicyclic amines) is 1. The standard InChI is InChI=1S/C22H27NO/c1-15-2-5-20-19(10-15)21(24)13-22(20)6-8-23(9-7-22)14-18-12-16-3-4-17(18)11-16/h2-5,10,16-18H,6-9,11-14H2,1H3/t16-,17-,18?/m0/s1. The van der Waals surface area contributed by atoms with Crippen LogP contribution < -0.4 is 0 Å². The predicted molar refractivity (Wildman–Crippen MR) is 96.3 cm³/mol. The van der Waals surface area contributed by atoms with Gasteiger partial charge in [0.2, 0.25) is 0 Å². The Morgan fingerprint density at radius 1 is 1.17 bits per heavy atom. The average molecular weight is 321 g/mol. The van der Waals surface area contributed by atoms with Gasteiger partial charge in [-0.15, -0.1) is 0 Å². The molecule has 0 amide bonds. The van der Waals surface area contributed by atoms with E-state index >= 15 is 0 Å². The van der Waals surface area contributed by atoms with Crippen LogP contribution in [0.15, 0.2) is 30.4 Å². The van der Waals surface area contributed by atoms with E-state index in [0.717, 1.165) is 55.7 Å². The number of carbonyl (C=O) groups is 1. The maximum Gasteiger partial charge on any atom is 0.164 e. The molecule has 5 rings (SSSR count). The van der Waals surface area contributed by atoms with Gasteiger partial charge in [-0.1, -0.05) is 29.8 Å². The first-order chi connectivity index (χ1) is 11.6. The number of Topliss-reactive ketones (excluding diaryl/α,β-unsaturated/α-hetero) is 1. The number of ketones is 1. The minimum absolute atomic E-state index is 0.144. The van der Waals surface area contributed by atoms with Crippen molar-refractivity contribution < 1.29 is 4.79 Å². The highest BCUT2D eigenvalue weighted by atomic mass is 16.1. The van der Waals surface area contributed by atoms with E-state index in [0.29, 0.717) is 5.78 Å². The Hall–Kier alpha value is -1.41. The van der Waals surface area contributed by atoms with E-state index in [1.165, 1.54) is 30.5 Å². The number of fused-ring (bicyclic) bond motifs is 4. The molecular weight excluding hydrogens is 294 g/mol. The number of carbonyl (C=O) groups excluding carboxylic acids is 1. The Labute approximate surface area is 144 Å². The van der Waals surface area contributed by atoms with Crippen LogP contribution in [0, 0.1) is 24.7 Å². The van der Waals surface area contributed by atoms with Crippen LogP contribution in [0.1, 0.15) is 53.6 Å².